The molecule has 0 bridgehead atoms. The van der Waals surface area contributed by atoms with Crippen molar-refractivity contribution in [3.63, 3.8) is 0 Å². The Hall–Kier alpha value is -2.41. The second-order valence-electron chi connectivity index (χ2n) is 5.77. The highest BCUT2D eigenvalue weighted by atomic mass is 79.9. The molecule has 0 radical (unpaired) electrons. The van der Waals surface area contributed by atoms with Gasteiger partial charge >= 0.3 is 5.97 Å². The van der Waals surface area contributed by atoms with E-state index in [0.717, 1.165) is 0 Å². The van der Waals surface area contributed by atoms with Gasteiger partial charge in [0, 0.05) is 20.2 Å². The van der Waals surface area contributed by atoms with Crippen molar-refractivity contribution in [3.05, 3.63) is 33.8 Å². The third-order valence-electron chi connectivity index (χ3n) is 3.84. The van der Waals surface area contributed by atoms with E-state index in [1.54, 1.807) is 23.1 Å². The summed E-state index contributed by atoms with van der Waals surface area (Å²) < 4.78 is 21.1. The van der Waals surface area contributed by atoms with Gasteiger partial charge in [0.2, 0.25) is 0 Å². The number of amides is 1. The summed E-state index contributed by atoms with van der Waals surface area (Å²) in [4.78, 5) is 25.7. The van der Waals surface area contributed by atoms with E-state index in [1.165, 1.54) is 13.2 Å². The number of methoxy groups -OCH3 is 1. The Morgan fingerprint density at radius 1 is 1.32 bits per heavy atom. The molecule has 0 N–H and O–H groups in total. The molecule has 9 heteroatoms. The van der Waals surface area contributed by atoms with Crippen molar-refractivity contribution in [1.29, 1.82) is 5.26 Å². The molecule has 1 heterocycles. The Balaban J connectivity index is 1.97. The quantitative estimate of drug-likeness (QED) is 0.256. The van der Waals surface area contributed by atoms with Gasteiger partial charge in [-0.2, -0.15) is 5.26 Å². The summed E-state index contributed by atoms with van der Waals surface area (Å²) in [5, 5.41) is 9.17. The van der Waals surface area contributed by atoms with E-state index < -0.39 is 5.97 Å². The molecule has 0 spiro atoms. The minimum atomic E-state index is -0.716. The van der Waals surface area contributed by atoms with Crippen LogP contribution in [0.2, 0.25) is 0 Å². The van der Waals surface area contributed by atoms with Crippen LogP contribution in [0, 0.1) is 11.3 Å². The number of ether oxygens (including phenoxy) is 4. The molecule has 0 aromatic heterocycles. The van der Waals surface area contributed by atoms with Crippen LogP contribution in [0.1, 0.15) is 5.56 Å². The molecule has 1 saturated heterocycles. The van der Waals surface area contributed by atoms with Crippen LogP contribution in [0.3, 0.4) is 0 Å². The maximum Gasteiger partial charge on any atom is 0.348 e. The first kappa shape index (κ1) is 21.9. The zero-order chi connectivity index (χ0) is 20.4. The lowest BCUT2D eigenvalue weighted by Gasteiger charge is -2.26. The van der Waals surface area contributed by atoms with Crippen molar-refractivity contribution in [3.8, 4) is 11.8 Å². The molecule has 1 aliphatic rings. The molecule has 28 heavy (non-hydrogen) atoms. The molecule has 1 aliphatic heterocycles. The van der Waals surface area contributed by atoms with Gasteiger partial charge < -0.3 is 23.8 Å². The van der Waals surface area contributed by atoms with Gasteiger partial charge in [-0.3, -0.25) is 4.79 Å². The zero-order valence-electron chi connectivity index (χ0n) is 15.5. The van der Waals surface area contributed by atoms with Crippen LogP contribution in [0.15, 0.2) is 28.2 Å². The molecule has 1 aromatic carbocycles. The molecule has 150 valence electrons. The third kappa shape index (κ3) is 6.64. The Morgan fingerprint density at radius 2 is 2.07 bits per heavy atom. The highest BCUT2D eigenvalue weighted by Gasteiger charge is 2.17. The summed E-state index contributed by atoms with van der Waals surface area (Å²) in [6.45, 7) is 2.43. The van der Waals surface area contributed by atoms with Crippen LogP contribution in [-0.2, 0) is 23.8 Å². The minimum absolute atomic E-state index is 0.0714. The van der Waals surface area contributed by atoms with Crippen molar-refractivity contribution in [1.82, 2.24) is 4.90 Å². The first-order chi connectivity index (χ1) is 13.5. The standard InChI is InChI=1S/C19H21BrN2O6/c1-25-8-9-27-19(24)15(12-21)10-14-2-3-17(16(20)11-14)28-13-18(23)22-4-6-26-7-5-22/h2-3,10-11H,4-9,13H2,1H3. The molecule has 0 aliphatic carbocycles. The predicted octanol–water partition coefficient (Wildman–Crippen LogP) is 1.78. The largest absolute Gasteiger partial charge is 0.483 e. The fourth-order valence-electron chi connectivity index (χ4n) is 2.37. The third-order valence-corrected chi connectivity index (χ3v) is 4.46. The summed E-state index contributed by atoms with van der Waals surface area (Å²) in [7, 11) is 1.49. The highest BCUT2D eigenvalue weighted by Crippen LogP contribution is 2.27. The minimum Gasteiger partial charge on any atom is -0.483 e. The van der Waals surface area contributed by atoms with Crippen molar-refractivity contribution >= 4 is 33.9 Å². The van der Waals surface area contributed by atoms with E-state index in [4.69, 9.17) is 24.2 Å². The fourth-order valence-corrected chi connectivity index (χ4v) is 2.88. The van der Waals surface area contributed by atoms with Gasteiger partial charge in [0.1, 0.15) is 24.0 Å². The van der Waals surface area contributed by atoms with E-state index in [2.05, 4.69) is 15.9 Å². The summed E-state index contributed by atoms with van der Waals surface area (Å²) in [5.74, 6) is -0.336. The van der Waals surface area contributed by atoms with Crippen LogP contribution in [0.5, 0.6) is 5.75 Å². The molecule has 0 atom stereocenters. The molecule has 0 saturated carbocycles. The van der Waals surface area contributed by atoms with E-state index in [9.17, 15) is 9.59 Å². The average molecular weight is 453 g/mol. The number of carbonyl (C=O) groups excluding carboxylic acids is 2. The monoisotopic (exact) mass is 452 g/mol. The molecule has 0 unspecified atom stereocenters. The number of morpholine rings is 1. The maximum absolute atomic E-state index is 12.1. The van der Waals surface area contributed by atoms with E-state index >= 15 is 0 Å². The van der Waals surface area contributed by atoms with Crippen LogP contribution < -0.4 is 4.74 Å². The normalized spacial score (nSPS) is 14.3. The lowest BCUT2D eigenvalue weighted by Crippen LogP contribution is -2.43. The van der Waals surface area contributed by atoms with Gasteiger partial charge in [-0.1, -0.05) is 6.07 Å². The number of nitriles is 1. The van der Waals surface area contributed by atoms with Crippen molar-refractivity contribution in [2.24, 2.45) is 0 Å². The summed E-state index contributed by atoms with van der Waals surface area (Å²) >= 11 is 3.38. The lowest BCUT2D eigenvalue weighted by molar-refractivity contribution is -0.139. The Labute approximate surface area is 171 Å². The number of rotatable bonds is 8. The number of benzene rings is 1. The molecule has 8 nitrogen and oxygen atoms in total. The van der Waals surface area contributed by atoms with E-state index in [-0.39, 0.29) is 31.3 Å². The number of carbonyl (C=O) groups is 2. The lowest BCUT2D eigenvalue weighted by atomic mass is 10.1. The molecular formula is C19H21BrN2O6. The van der Waals surface area contributed by atoms with E-state index in [1.807, 2.05) is 6.07 Å². The summed E-state index contributed by atoms with van der Waals surface area (Å²) in [6, 6.07) is 6.86. The van der Waals surface area contributed by atoms with Crippen LogP contribution in [0.25, 0.3) is 6.08 Å². The van der Waals surface area contributed by atoms with Crippen LogP contribution in [-0.4, -0.2) is 70.0 Å². The molecular weight excluding hydrogens is 432 g/mol. The number of halogens is 1. The van der Waals surface area contributed by atoms with Crippen LogP contribution in [0.4, 0.5) is 0 Å². The number of esters is 1. The van der Waals surface area contributed by atoms with Crippen molar-refractivity contribution in [2.45, 2.75) is 0 Å². The van der Waals surface area contributed by atoms with Gasteiger partial charge in [0.05, 0.1) is 24.3 Å². The van der Waals surface area contributed by atoms with Crippen molar-refractivity contribution in [2.75, 3.05) is 53.2 Å². The van der Waals surface area contributed by atoms with Gasteiger partial charge in [0.25, 0.3) is 5.91 Å². The van der Waals surface area contributed by atoms with Crippen LogP contribution >= 0.6 is 15.9 Å². The average Bonchev–Trinajstić information content (AvgIpc) is 2.71. The van der Waals surface area contributed by atoms with Gasteiger partial charge in [-0.25, -0.2) is 4.79 Å². The van der Waals surface area contributed by atoms with Gasteiger partial charge in [-0.05, 0) is 39.7 Å². The SMILES string of the molecule is COCCOC(=O)C(C#N)=Cc1ccc(OCC(=O)N2CCOCC2)c(Br)c1. The highest BCUT2D eigenvalue weighted by molar-refractivity contribution is 9.10. The smallest absolute Gasteiger partial charge is 0.348 e. The van der Waals surface area contributed by atoms with Crippen molar-refractivity contribution < 1.29 is 28.5 Å². The number of hydrogen-bond donors (Lipinski definition) is 0. The fraction of sp³-hybridized carbons (Fsp3) is 0.421. The second-order valence-corrected chi connectivity index (χ2v) is 6.62. The molecule has 2 rings (SSSR count). The Bertz CT molecular complexity index is 768. The maximum atomic E-state index is 12.1. The Kier molecular flexibility index (Phi) is 8.94. The number of nitrogens with zero attached hydrogens (tertiary/aromatic N) is 2. The van der Waals surface area contributed by atoms with Gasteiger partial charge in [-0.15, -0.1) is 0 Å². The molecule has 1 fully saturated rings. The molecule has 1 aromatic rings. The zero-order valence-corrected chi connectivity index (χ0v) is 17.1. The summed E-state index contributed by atoms with van der Waals surface area (Å²) in [5.41, 5.74) is 0.484. The first-order valence-electron chi connectivity index (χ1n) is 8.61. The number of hydrogen-bond acceptors (Lipinski definition) is 7. The van der Waals surface area contributed by atoms with E-state index in [0.29, 0.717) is 42.1 Å². The Morgan fingerprint density at radius 3 is 2.71 bits per heavy atom. The predicted molar refractivity (Wildman–Crippen MR) is 103 cm³/mol. The molecule has 1 amide bonds. The summed E-state index contributed by atoms with van der Waals surface area (Å²) in [6.07, 6.45) is 1.42. The topological polar surface area (TPSA) is 98.1 Å². The van der Waals surface area contributed by atoms with Gasteiger partial charge in [0.15, 0.2) is 6.61 Å². The second kappa shape index (κ2) is 11.4. The first-order valence-corrected chi connectivity index (χ1v) is 9.40.